The standard InChI is InChI=1S/C10H22N2S/c1-4-6-7-12(5-2)8-9(3)10(11)13/h9H,4-8H2,1-3H3,(H2,11,13). The Bertz CT molecular complexity index is 148. The van der Waals surface area contributed by atoms with Gasteiger partial charge in [0.15, 0.2) is 0 Å². The molecule has 0 aromatic carbocycles. The first-order valence-electron chi connectivity index (χ1n) is 5.13. The van der Waals surface area contributed by atoms with E-state index in [1.54, 1.807) is 0 Å². The molecule has 3 heteroatoms. The van der Waals surface area contributed by atoms with Crippen LogP contribution in [-0.4, -0.2) is 29.5 Å². The van der Waals surface area contributed by atoms with Gasteiger partial charge >= 0.3 is 0 Å². The maximum Gasteiger partial charge on any atom is 0.0768 e. The summed E-state index contributed by atoms with van der Waals surface area (Å²) in [4.78, 5) is 3.04. The first-order chi connectivity index (χ1) is 6.11. The molecule has 1 unspecified atom stereocenters. The smallest absolute Gasteiger partial charge is 0.0768 e. The average molecular weight is 202 g/mol. The second-order valence-corrected chi connectivity index (χ2v) is 4.02. The van der Waals surface area contributed by atoms with Crippen molar-refractivity contribution in [3.8, 4) is 0 Å². The summed E-state index contributed by atoms with van der Waals surface area (Å²) in [5, 5.41) is 0. The van der Waals surface area contributed by atoms with Gasteiger partial charge in [0.05, 0.1) is 4.99 Å². The van der Waals surface area contributed by atoms with Gasteiger partial charge in [-0.2, -0.15) is 0 Å². The van der Waals surface area contributed by atoms with Gasteiger partial charge in [-0.3, -0.25) is 0 Å². The highest BCUT2D eigenvalue weighted by atomic mass is 32.1. The van der Waals surface area contributed by atoms with Gasteiger partial charge in [-0.25, -0.2) is 0 Å². The molecule has 0 fully saturated rings. The number of nitrogens with two attached hydrogens (primary N) is 1. The lowest BCUT2D eigenvalue weighted by Gasteiger charge is -2.23. The quantitative estimate of drug-likeness (QED) is 0.641. The monoisotopic (exact) mass is 202 g/mol. The van der Waals surface area contributed by atoms with Crippen molar-refractivity contribution in [3.63, 3.8) is 0 Å². The van der Waals surface area contributed by atoms with Crippen molar-refractivity contribution in [1.82, 2.24) is 4.90 Å². The predicted molar refractivity (Wildman–Crippen MR) is 63.0 cm³/mol. The third-order valence-electron chi connectivity index (χ3n) is 2.29. The second-order valence-electron chi connectivity index (χ2n) is 3.55. The molecule has 0 radical (unpaired) electrons. The lowest BCUT2D eigenvalue weighted by atomic mass is 10.1. The molecule has 0 aliphatic rings. The van der Waals surface area contributed by atoms with E-state index in [9.17, 15) is 0 Å². The maximum atomic E-state index is 5.57. The molecule has 0 saturated carbocycles. The van der Waals surface area contributed by atoms with Crippen molar-refractivity contribution in [2.45, 2.75) is 33.6 Å². The molecule has 0 rings (SSSR count). The topological polar surface area (TPSA) is 29.3 Å². The number of unbranched alkanes of at least 4 members (excludes halogenated alkanes) is 1. The molecule has 0 aliphatic heterocycles. The molecule has 0 spiro atoms. The maximum absolute atomic E-state index is 5.57. The third-order valence-corrected chi connectivity index (χ3v) is 2.70. The minimum atomic E-state index is 0.340. The first-order valence-corrected chi connectivity index (χ1v) is 5.54. The Kier molecular flexibility index (Phi) is 7.19. The van der Waals surface area contributed by atoms with E-state index in [4.69, 9.17) is 18.0 Å². The number of rotatable bonds is 7. The van der Waals surface area contributed by atoms with Gasteiger partial charge in [-0.05, 0) is 19.5 Å². The van der Waals surface area contributed by atoms with Crippen molar-refractivity contribution in [3.05, 3.63) is 0 Å². The van der Waals surface area contributed by atoms with Crippen molar-refractivity contribution < 1.29 is 0 Å². The van der Waals surface area contributed by atoms with Crippen LogP contribution in [0.5, 0.6) is 0 Å². The SMILES string of the molecule is CCCCN(CC)CC(C)C(N)=S. The van der Waals surface area contributed by atoms with Crippen molar-refractivity contribution >= 4 is 17.2 Å². The van der Waals surface area contributed by atoms with Crippen LogP contribution >= 0.6 is 12.2 Å². The fourth-order valence-electron chi connectivity index (χ4n) is 1.24. The largest absolute Gasteiger partial charge is 0.393 e. The Morgan fingerprint density at radius 1 is 1.46 bits per heavy atom. The van der Waals surface area contributed by atoms with Crippen LogP contribution in [-0.2, 0) is 0 Å². The fourth-order valence-corrected chi connectivity index (χ4v) is 1.31. The van der Waals surface area contributed by atoms with E-state index < -0.39 is 0 Å². The summed E-state index contributed by atoms with van der Waals surface area (Å²) in [6, 6.07) is 0. The Balaban J connectivity index is 3.75. The number of thiocarbonyl (C=S) groups is 1. The van der Waals surface area contributed by atoms with Crippen LogP contribution in [0.2, 0.25) is 0 Å². The highest BCUT2D eigenvalue weighted by molar-refractivity contribution is 7.80. The van der Waals surface area contributed by atoms with Crippen LogP contribution in [0.4, 0.5) is 0 Å². The lowest BCUT2D eigenvalue weighted by Crippen LogP contribution is -2.34. The number of hydrogen-bond donors (Lipinski definition) is 1. The van der Waals surface area contributed by atoms with E-state index in [1.807, 2.05) is 0 Å². The van der Waals surface area contributed by atoms with E-state index in [1.165, 1.54) is 19.4 Å². The van der Waals surface area contributed by atoms with E-state index in [0.717, 1.165) is 13.1 Å². The Hall–Kier alpha value is -0.150. The molecule has 78 valence electrons. The van der Waals surface area contributed by atoms with Crippen LogP contribution in [0.1, 0.15) is 33.6 Å². The number of hydrogen-bond acceptors (Lipinski definition) is 2. The minimum absolute atomic E-state index is 0.340. The van der Waals surface area contributed by atoms with Gasteiger partial charge in [0.1, 0.15) is 0 Å². The zero-order chi connectivity index (χ0) is 10.3. The van der Waals surface area contributed by atoms with Gasteiger partial charge in [0, 0.05) is 12.5 Å². The molecule has 1 atom stereocenters. The zero-order valence-electron chi connectivity index (χ0n) is 9.05. The van der Waals surface area contributed by atoms with Crippen molar-refractivity contribution in [1.29, 1.82) is 0 Å². The highest BCUT2D eigenvalue weighted by Gasteiger charge is 2.09. The minimum Gasteiger partial charge on any atom is -0.393 e. The second kappa shape index (κ2) is 7.27. The molecule has 13 heavy (non-hydrogen) atoms. The van der Waals surface area contributed by atoms with E-state index >= 15 is 0 Å². The van der Waals surface area contributed by atoms with Crippen LogP contribution in [0.25, 0.3) is 0 Å². The average Bonchev–Trinajstić information content (AvgIpc) is 2.11. The summed E-state index contributed by atoms with van der Waals surface area (Å²) in [5.74, 6) is 0.340. The Labute approximate surface area is 87.5 Å². The number of nitrogens with zero attached hydrogens (tertiary/aromatic N) is 1. The van der Waals surface area contributed by atoms with Crippen LogP contribution < -0.4 is 5.73 Å². The van der Waals surface area contributed by atoms with Crippen LogP contribution in [0.3, 0.4) is 0 Å². The van der Waals surface area contributed by atoms with Gasteiger partial charge in [-0.1, -0.05) is 39.4 Å². The molecule has 0 aromatic rings. The molecule has 0 saturated heterocycles. The third kappa shape index (κ3) is 5.99. The first kappa shape index (κ1) is 12.8. The summed E-state index contributed by atoms with van der Waals surface area (Å²) in [6.07, 6.45) is 2.51. The molecule has 2 N–H and O–H groups in total. The molecule has 0 amide bonds. The van der Waals surface area contributed by atoms with Crippen molar-refractivity contribution in [2.75, 3.05) is 19.6 Å². The summed E-state index contributed by atoms with van der Waals surface area (Å²) >= 11 is 4.95. The molecular formula is C10H22N2S. The Morgan fingerprint density at radius 3 is 2.46 bits per heavy atom. The van der Waals surface area contributed by atoms with E-state index in [-0.39, 0.29) is 0 Å². The normalized spacial score (nSPS) is 13.2. The molecule has 0 heterocycles. The summed E-state index contributed by atoms with van der Waals surface area (Å²) in [6.45, 7) is 9.75. The van der Waals surface area contributed by atoms with Gasteiger partial charge in [-0.15, -0.1) is 0 Å². The van der Waals surface area contributed by atoms with E-state index in [2.05, 4.69) is 25.7 Å². The molecular weight excluding hydrogens is 180 g/mol. The molecule has 0 aromatic heterocycles. The van der Waals surface area contributed by atoms with Gasteiger partial charge in [0.25, 0.3) is 0 Å². The van der Waals surface area contributed by atoms with Crippen molar-refractivity contribution in [2.24, 2.45) is 11.7 Å². The summed E-state index contributed by atoms with van der Waals surface area (Å²) in [5.41, 5.74) is 5.57. The lowest BCUT2D eigenvalue weighted by molar-refractivity contribution is 0.268. The van der Waals surface area contributed by atoms with Gasteiger partial charge < -0.3 is 10.6 Å². The molecule has 2 nitrogen and oxygen atoms in total. The Morgan fingerprint density at radius 2 is 2.08 bits per heavy atom. The summed E-state index contributed by atoms with van der Waals surface area (Å²) in [7, 11) is 0. The van der Waals surface area contributed by atoms with Crippen LogP contribution in [0, 0.1) is 5.92 Å². The zero-order valence-corrected chi connectivity index (χ0v) is 9.86. The van der Waals surface area contributed by atoms with Gasteiger partial charge in [0.2, 0.25) is 0 Å². The van der Waals surface area contributed by atoms with Crippen LogP contribution in [0.15, 0.2) is 0 Å². The summed E-state index contributed by atoms with van der Waals surface area (Å²) < 4.78 is 0. The van der Waals surface area contributed by atoms with E-state index in [0.29, 0.717) is 10.9 Å². The fraction of sp³-hybridized carbons (Fsp3) is 0.900. The highest BCUT2D eigenvalue weighted by Crippen LogP contribution is 2.02. The predicted octanol–water partition coefficient (Wildman–Crippen LogP) is 2.03. The molecule has 0 aliphatic carbocycles. The molecule has 0 bridgehead atoms.